The summed E-state index contributed by atoms with van der Waals surface area (Å²) in [4.78, 5) is 93.8. The highest BCUT2D eigenvalue weighted by Crippen LogP contribution is 2.59. The van der Waals surface area contributed by atoms with Crippen LogP contribution in [-0.2, 0) is 34.2 Å². The highest BCUT2D eigenvalue weighted by Gasteiger charge is 2.50. The van der Waals surface area contributed by atoms with Gasteiger partial charge in [-0.1, -0.05) is 78.9 Å². The Labute approximate surface area is 341 Å². The van der Waals surface area contributed by atoms with Crippen LogP contribution < -0.4 is 16.4 Å². The van der Waals surface area contributed by atoms with Crippen molar-refractivity contribution in [2.24, 2.45) is 10.7 Å². The molecule has 3 aromatic rings. The van der Waals surface area contributed by atoms with Crippen molar-refractivity contribution in [2.75, 3.05) is 13.1 Å². The van der Waals surface area contributed by atoms with Crippen LogP contribution in [-0.4, -0.2) is 92.1 Å². The fraction of sp³-hybridized carbons (Fsp3) is 0.381. The van der Waals surface area contributed by atoms with Crippen molar-refractivity contribution in [3.05, 3.63) is 113 Å². The lowest BCUT2D eigenvalue weighted by molar-refractivity contribution is -0.138. The third kappa shape index (κ3) is 11.0. The monoisotopic (exact) mass is 834 g/mol. The Morgan fingerprint density at radius 1 is 0.949 bits per heavy atom. The van der Waals surface area contributed by atoms with Gasteiger partial charge in [0.25, 0.3) is 11.8 Å². The minimum atomic E-state index is -5.85. The largest absolute Gasteiger partial charge is 0.399 e. The molecule has 17 heteroatoms. The van der Waals surface area contributed by atoms with E-state index in [1.54, 1.807) is 0 Å². The molecule has 3 atom stereocenters. The molecular formula is C42H49F2N6O8P. The van der Waals surface area contributed by atoms with Gasteiger partial charge >= 0.3 is 13.3 Å². The fourth-order valence-corrected chi connectivity index (χ4v) is 7.80. The van der Waals surface area contributed by atoms with Gasteiger partial charge in [0, 0.05) is 43.2 Å². The molecule has 6 N–H and O–H groups in total. The van der Waals surface area contributed by atoms with Gasteiger partial charge in [-0.15, -0.1) is 0 Å². The van der Waals surface area contributed by atoms with E-state index in [-0.39, 0.29) is 48.7 Å². The van der Waals surface area contributed by atoms with Crippen molar-refractivity contribution in [1.82, 2.24) is 20.4 Å². The van der Waals surface area contributed by atoms with Gasteiger partial charge in [0.15, 0.2) is 0 Å². The molecule has 2 aliphatic heterocycles. The Morgan fingerprint density at radius 2 is 1.58 bits per heavy atom. The molecule has 0 bridgehead atoms. The van der Waals surface area contributed by atoms with Crippen LogP contribution in [0.15, 0.2) is 96.0 Å². The standard InChI is InChI=1S/C42H49F2N6O8P/c1-26(2)49-22-21-32-17-19-35(40(54)47-33(18-20-36(45)51)39(53)48-38(28-11-6-4-7-12-28)29-13-8-5-9-14-29)50(32)41(55)34(25-49)46-37(52)23-27(3)30-15-10-16-31(24-30)42(43,44)59(56,57)58/h4-16,23-24,26,32-33,35,38H,17-22,25H2,1-3H3,(H2,45,51)(H,47,54)(H,48,53)(H2,56,57,58)/b27-23+,46-34?/t32?,33-,35?/m0/s1. The molecule has 3 aromatic carbocycles. The maximum absolute atomic E-state index is 14.5. The van der Waals surface area contributed by atoms with Gasteiger partial charge in [-0.25, -0.2) is 4.99 Å². The predicted octanol–water partition coefficient (Wildman–Crippen LogP) is 4.41. The molecule has 2 fully saturated rings. The molecule has 0 aliphatic carbocycles. The number of halogens is 2. The topological polar surface area (TPSA) is 212 Å². The fourth-order valence-electron chi connectivity index (χ4n) is 7.33. The average Bonchev–Trinajstić information content (AvgIpc) is 3.62. The summed E-state index contributed by atoms with van der Waals surface area (Å²) in [6.45, 7) is 5.75. The highest BCUT2D eigenvalue weighted by molar-refractivity contribution is 7.52. The second-order valence-corrected chi connectivity index (χ2v) is 16.7. The van der Waals surface area contributed by atoms with E-state index in [2.05, 4.69) is 15.6 Å². The number of carbonyl (C=O) groups is 5. The van der Waals surface area contributed by atoms with Crippen LogP contribution in [0.1, 0.15) is 81.2 Å². The summed E-state index contributed by atoms with van der Waals surface area (Å²) >= 11 is 0. The smallest absolute Gasteiger partial charge is 0.370 e. The number of benzene rings is 3. The maximum atomic E-state index is 14.5. The molecule has 2 heterocycles. The maximum Gasteiger partial charge on any atom is 0.399 e. The van der Waals surface area contributed by atoms with Crippen LogP contribution >= 0.6 is 7.60 Å². The first kappa shape index (κ1) is 44.7. The molecule has 5 amide bonds. The van der Waals surface area contributed by atoms with Crippen molar-refractivity contribution in [3.8, 4) is 0 Å². The summed E-state index contributed by atoms with van der Waals surface area (Å²) < 4.78 is 40.4. The van der Waals surface area contributed by atoms with Crippen LogP contribution in [0.2, 0.25) is 0 Å². The Kier molecular flexibility index (Phi) is 14.5. The number of amides is 5. The summed E-state index contributed by atoms with van der Waals surface area (Å²) in [5.41, 5.74) is 1.68. The number of rotatable bonds is 14. The van der Waals surface area contributed by atoms with E-state index in [0.717, 1.165) is 29.3 Å². The van der Waals surface area contributed by atoms with Crippen LogP contribution in [0, 0.1) is 0 Å². The molecule has 0 radical (unpaired) electrons. The van der Waals surface area contributed by atoms with Crippen LogP contribution in [0.4, 0.5) is 8.78 Å². The predicted molar refractivity (Wildman–Crippen MR) is 217 cm³/mol. The van der Waals surface area contributed by atoms with Gasteiger partial charge < -0.3 is 31.1 Å². The number of nitrogens with one attached hydrogen (secondary N) is 2. The summed E-state index contributed by atoms with van der Waals surface area (Å²) in [7, 11) is -5.85. The second kappa shape index (κ2) is 19.1. The van der Waals surface area contributed by atoms with E-state index in [9.17, 15) is 47.1 Å². The number of primary amides is 1. The van der Waals surface area contributed by atoms with Crippen molar-refractivity contribution in [3.63, 3.8) is 0 Å². The number of fused-ring (bicyclic) bond motifs is 1. The molecule has 5 rings (SSSR count). The van der Waals surface area contributed by atoms with Crippen molar-refractivity contribution >= 4 is 48.4 Å². The first-order valence-electron chi connectivity index (χ1n) is 19.3. The molecule has 2 saturated heterocycles. The third-order valence-electron chi connectivity index (χ3n) is 10.6. The zero-order chi connectivity index (χ0) is 43.1. The van der Waals surface area contributed by atoms with Crippen LogP contribution in [0.3, 0.4) is 0 Å². The average molecular weight is 835 g/mol. The Morgan fingerprint density at radius 3 is 2.15 bits per heavy atom. The summed E-state index contributed by atoms with van der Waals surface area (Å²) in [5.74, 6) is -3.42. The lowest BCUT2D eigenvalue weighted by Gasteiger charge is -2.37. The Balaban J connectivity index is 1.41. The molecular weight excluding hydrogens is 785 g/mol. The van der Waals surface area contributed by atoms with E-state index in [1.807, 2.05) is 79.4 Å². The number of nitrogens with zero attached hydrogens (tertiary/aromatic N) is 3. The molecule has 14 nitrogen and oxygen atoms in total. The molecule has 2 unspecified atom stereocenters. The van der Waals surface area contributed by atoms with Gasteiger partial charge in [0.1, 0.15) is 17.8 Å². The van der Waals surface area contributed by atoms with Crippen molar-refractivity contribution < 1.29 is 47.1 Å². The van der Waals surface area contributed by atoms with Crippen LogP contribution in [0.25, 0.3) is 5.57 Å². The van der Waals surface area contributed by atoms with Gasteiger partial charge in [-0.3, -0.25) is 33.4 Å². The Hall–Kier alpha value is -5.41. The normalized spacial score (nSPS) is 19.3. The minimum Gasteiger partial charge on any atom is -0.370 e. The van der Waals surface area contributed by atoms with E-state index < -0.39 is 72.5 Å². The van der Waals surface area contributed by atoms with E-state index in [4.69, 9.17) is 5.73 Å². The number of hydrogen-bond acceptors (Lipinski definition) is 7. The number of aliphatic imine (C=N–C) groups is 1. The lowest BCUT2D eigenvalue weighted by Crippen LogP contribution is -2.58. The minimum absolute atomic E-state index is 0.0410. The molecule has 0 saturated carbocycles. The third-order valence-corrected chi connectivity index (χ3v) is 11.6. The quantitative estimate of drug-likeness (QED) is 0.115. The number of alkyl halides is 2. The zero-order valence-electron chi connectivity index (χ0n) is 33.0. The van der Waals surface area contributed by atoms with Gasteiger partial charge in [0.05, 0.1) is 6.04 Å². The van der Waals surface area contributed by atoms with Gasteiger partial charge in [-0.05, 0) is 74.8 Å². The molecule has 2 aliphatic rings. The Bertz CT molecular complexity index is 2110. The van der Waals surface area contributed by atoms with Crippen molar-refractivity contribution in [1.29, 1.82) is 0 Å². The number of carbonyl (C=O) groups excluding carboxylic acids is 5. The summed E-state index contributed by atoms with van der Waals surface area (Å²) in [5, 5.41) is 5.80. The van der Waals surface area contributed by atoms with Crippen molar-refractivity contribution in [2.45, 2.75) is 88.7 Å². The molecule has 0 aromatic heterocycles. The second-order valence-electron chi connectivity index (χ2n) is 15.0. The van der Waals surface area contributed by atoms with Crippen LogP contribution in [0.5, 0.6) is 0 Å². The highest BCUT2D eigenvalue weighted by atomic mass is 31.2. The first-order valence-corrected chi connectivity index (χ1v) is 20.9. The molecule has 59 heavy (non-hydrogen) atoms. The van der Waals surface area contributed by atoms with E-state index in [1.165, 1.54) is 24.0 Å². The van der Waals surface area contributed by atoms with Gasteiger partial charge in [0.2, 0.25) is 17.7 Å². The SMILES string of the molecule is C/C(=C\C(=O)N=C1CN(C(C)C)CCC2CCC(C(=O)N[C@@H](CCC(N)=O)C(=O)NC(c3ccccc3)c3ccccc3)N2C1=O)c1cccc(C(F)(F)P(=O)(O)O)c1. The van der Waals surface area contributed by atoms with E-state index in [0.29, 0.717) is 19.4 Å². The summed E-state index contributed by atoms with van der Waals surface area (Å²) in [6, 6.07) is 19.5. The summed E-state index contributed by atoms with van der Waals surface area (Å²) in [6.07, 6.45) is 1.94. The van der Waals surface area contributed by atoms with Gasteiger partial charge in [-0.2, -0.15) is 8.78 Å². The number of nitrogens with two attached hydrogens (primary N) is 1. The first-order chi connectivity index (χ1) is 27.9. The molecule has 314 valence electrons. The number of hydrogen-bond donors (Lipinski definition) is 5. The molecule has 0 spiro atoms. The van der Waals surface area contributed by atoms with E-state index >= 15 is 0 Å². The number of allylic oxidation sites excluding steroid dienone is 1. The lowest BCUT2D eigenvalue weighted by atomic mass is 9.98. The zero-order valence-corrected chi connectivity index (χ0v) is 33.9.